The number of fused-ring (bicyclic) bond motifs is 1. The Kier molecular flexibility index (Phi) is 2.90. The highest BCUT2D eigenvalue weighted by atomic mass is 32.2. The fourth-order valence-corrected chi connectivity index (χ4v) is 6.79. The maximum atomic E-state index is 11.8. The third kappa shape index (κ3) is 2.07. The fourth-order valence-electron chi connectivity index (χ4n) is 2.99. The Morgan fingerprint density at radius 2 is 1.89 bits per heavy atom. The minimum absolute atomic E-state index is 0.0187. The number of hydrogen-bond donors (Lipinski definition) is 1. The van der Waals surface area contributed by atoms with Gasteiger partial charge >= 0.3 is 5.17 Å². The molecule has 0 amide bonds. The van der Waals surface area contributed by atoms with E-state index in [1.807, 2.05) is 36.6 Å². The van der Waals surface area contributed by atoms with Crippen LogP contribution in [0, 0.1) is 13.8 Å². The molecule has 2 aliphatic heterocycles. The SMILES string of the molecule is Cc1cccc(C)c1[N+]1=C(N)SC2CS(=O)(=O)CC21. The van der Waals surface area contributed by atoms with Gasteiger partial charge in [-0.1, -0.05) is 18.2 Å². The Morgan fingerprint density at radius 1 is 1.26 bits per heavy atom. The lowest BCUT2D eigenvalue weighted by Gasteiger charge is -2.15. The summed E-state index contributed by atoms with van der Waals surface area (Å²) in [6.45, 7) is 4.08. The van der Waals surface area contributed by atoms with E-state index in [4.69, 9.17) is 5.73 Å². The molecule has 3 rings (SSSR count). The Morgan fingerprint density at radius 3 is 2.53 bits per heavy atom. The van der Waals surface area contributed by atoms with E-state index in [-0.39, 0.29) is 22.8 Å². The van der Waals surface area contributed by atoms with Gasteiger partial charge in [0.15, 0.2) is 9.84 Å². The molecule has 0 spiro atoms. The monoisotopic (exact) mass is 297 g/mol. The molecule has 1 aromatic carbocycles. The molecule has 102 valence electrons. The van der Waals surface area contributed by atoms with E-state index in [1.54, 1.807) is 0 Å². The topological polar surface area (TPSA) is 63.2 Å². The summed E-state index contributed by atoms with van der Waals surface area (Å²) in [5.74, 6) is 0.448. The zero-order valence-electron chi connectivity index (χ0n) is 11.0. The van der Waals surface area contributed by atoms with Gasteiger partial charge in [-0.15, -0.1) is 0 Å². The van der Waals surface area contributed by atoms with Crippen LogP contribution in [-0.4, -0.2) is 41.0 Å². The molecule has 0 saturated carbocycles. The number of amidine groups is 1. The summed E-state index contributed by atoms with van der Waals surface area (Å²) in [5.41, 5.74) is 9.47. The molecular weight excluding hydrogens is 280 g/mol. The summed E-state index contributed by atoms with van der Waals surface area (Å²) in [7, 11) is -2.93. The van der Waals surface area contributed by atoms with Gasteiger partial charge in [0, 0.05) is 0 Å². The Bertz CT molecular complexity index is 660. The van der Waals surface area contributed by atoms with Crippen LogP contribution in [0.15, 0.2) is 18.2 Å². The van der Waals surface area contributed by atoms with Gasteiger partial charge in [-0.25, -0.2) is 13.0 Å². The summed E-state index contributed by atoms with van der Waals surface area (Å²) in [6, 6.07) is 6.07. The first-order valence-electron chi connectivity index (χ1n) is 6.24. The highest BCUT2D eigenvalue weighted by Gasteiger charge is 2.50. The molecule has 2 atom stereocenters. The highest BCUT2D eigenvalue weighted by Crippen LogP contribution is 2.38. The van der Waals surface area contributed by atoms with Gasteiger partial charge in [0.05, 0.1) is 16.8 Å². The van der Waals surface area contributed by atoms with Gasteiger partial charge in [-0.2, -0.15) is 0 Å². The van der Waals surface area contributed by atoms with Crippen molar-refractivity contribution in [2.75, 3.05) is 11.5 Å². The van der Waals surface area contributed by atoms with E-state index in [0.717, 1.165) is 22.0 Å². The van der Waals surface area contributed by atoms with Crippen LogP contribution in [-0.2, 0) is 9.84 Å². The van der Waals surface area contributed by atoms with Crippen molar-refractivity contribution in [1.82, 2.24) is 0 Å². The molecule has 0 aliphatic carbocycles. The van der Waals surface area contributed by atoms with Crippen molar-refractivity contribution in [2.45, 2.75) is 25.1 Å². The number of thioether (sulfide) groups is 1. The van der Waals surface area contributed by atoms with Crippen molar-refractivity contribution in [3.8, 4) is 0 Å². The van der Waals surface area contributed by atoms with Gasteiger partial charge in [-0.3, -0.25) is 5.73 Å². The second-order valence-electron chi connectivity index (χ2n) is 5.25. The molecule has 4 nitrogen and oxygen atoms in total. The molecule has 1 fully saturated rings. The second-order valence-corrected chi connectivity index (χ2v) is 8.66. The van der Waals surface area contributed by atoms with Gasteiger partial charge in [0.1, 0.15) is 11.7 Å². The number of aryl methyl sites for hydroxylation is 2. The maximum absolute atomic E-state index is 11.8. The number of nitrogens with two attached hydrogens (primary N) is 1. The lowest BCUT2D eigenvalue weighted by molar-refractivity contribution is -0.471. The van der Waals surface area contributed by atoms with Crippen LogP contribution in [0.5, 0.6) is 0 Å². The van der Waals surface area contributed by atoms with Crippen molar-refractivity contribution in [3.05, 3.63) is 29.3 Å². The van der Waals surface area contributed by atoms with Gasteiger partial charge in [-0.05, 0) is 36.7 Å². The third-order valence-corrected chi connectivity index (χ3v) is 6.94. The van der Waals surface area contributed by atoms with Crippen LogP contribution < -0.4 is 5.73 Å². The molecule has 0 bridgehead atoms. The normalized spacial score (nSPS) is 28.7. The van der Waals surface area contributed by atoms with Crippen molar-refractivity contribution < 1.29 is 13.0 Å². The predicted molar refractivity (Wildman–Crippen MR) is 78.9 cm³/mol. The molecule has 0 aromatic heterocycles. The van der Waals surface area contributed by atoms with Crippen molar-refractivity contribution >= 4 is 32.5 Å². The van der Waals surface area contributed by atoms with E-state index in [9.17, 15) is 8.42 Å². The first-order chi connectivity index (χ1) is 8.89. The molecule has 2 unspecified atom stereocenters. The van der Waals surface area contributed by atoms with Crippen LogP contribution >= 0.6 is 11.8 Å². The van der Waals surface area contributed by atoms with Gasteiger partial charge < -0.3 is 0 Å². The van der Waals surface area contributed by atoms with Gasteiger partial charge in [0.25, 0.3) is 0 Å². The number of sulfone groups is 1. The number of benzene rings is 1. The Labute approximate surface area is 117 Å². The van der Waals surface area contributed by atoms with Crippen molar-refractivity contribution in [3.63, 3.8) is 0 Å². The zero-order valence-corrected chi connectivity index (χ0v) is 12.6. The van der Waals surface area contributed by atoms with Gasteiger partial charge in [0.2, 0.25) is 0 Å². The lowest BCUT2D eigenvalue weighted by Crippen LogP contribution is -2.30. The predicted octanol–water partition coefficient (Wildman–Crippen LogP) is 1.17. The molecule has 6 heteroatoms. The molecule has 1 aromatic rings. The van der Waals surface area contributed by atoms with Crippen LogP contribution in [0.4, 0.5) is 5.69 Å². The van der Waals surface area contributed by atoms with E-state index >= 15 is 0 Å². The molecule has 19 heavy (non-hydrogen) atoms. The van der Waals surface area contributed by atoms with Crippen molar-refractivity contribution in [1.29, 1.82) is 0 Å². The number of rotatable bonds is 1. The lowest BCUT2D eigenvalue weighted by atomic mass is 10.1. The molecule has 2 aliphatic rings. The summed E-state index contributed by atoms with van der Waals surface area (Å²) in [4.78, 5) is 0. The molecule has 2 heterocycles. The summed E-state index contributed by atoms with van der Waals surface area (Å²) >= 11 is 1.50. The third-order valence-electron chi connectivity index (χ3n) is 3.79. The molecule has 1 saturated heterocycles. The second kappa shape index (κ2) is 4.24. The fraction of sp³-hybridized carbons (Fsp3) is 0.462. The van der Waals surface area contributed by atoms with Crippen LogP contribution in [0.1, 0.15) is 11.1 Å². The quantitative estimate of drug-likeness (QED) is 0.791. The first-order valence-corrected chi connectivity index (χ1v) is 8.94. The van der Waals surface area contributed by atoms with Crippen molar-refractivity contribution in [2.24, 2.45) is 5.73 Å². The maximum Gasteiger partial charge on any atom is 0.310 e. The van der Waals surface area contributed by atoms with E-state index in [2.05, 4.69) is 0 Å². The summed E-state index contributed by atoms with van der Waals surface area (Å²) in [6.07, 6.45) is 0. The smallest absolute Gasteiger partial charge is 0.281 e. The Balaban J connectivity index is 2.12. The average Bonchev–Trinajstić information content (AvgIpc) is 2.71. The zero-order chi connectivity index (χ0) is 13.8. The molecule has 0 radical (unpaired) electrons. The summed E-state index contributed by atoms with van der Waals surface area (Å²) < 4.78 is 25.6. The van der Waals surface area contributed by atoms with Crippen LogP contribution in [0.2, 0.25) is 0 Å². The first kappa shape index (κ1) is 13.0. The van der Waals surface area contributed by atoms with Crippen LogP contribution in [0.3, 0.4) is 0 Å². The van der Waals surface area contributed by atoms with E-state index in [1.165, 1.54) is 11.8 Å². The Hall–Kier alpha value is -1.01. The van der Waals surface area contributed by atoms with Crippen LogP contribution in [0.25, 0.3) is 0 Å². The largest absolute Gasteiger partial charge is 0.310 e. The minimum Gasteiger partial charge on any atom is -0.281 e. The standard InChI is InChI=1S/C13H16N2O2S2/c1-8-4-3-5-9(2)12(8)15-10-6-19(16,17)7-11(10)18-13(15)14/h3-5,10-11,14H,6-7H2,1-2H3/p+1. The summed E-state index contributed by atoms with van der Waals surface area (Å²) in [5, 5.41) is 0.798. The number of nitrogens with zero attached hydrogens (tertiary/aromatic N) is 1. The molecule has 2 N–H and O–H groups in total. The molecular formula is C13H17N2O2S2+. The minimum atomic E-state index is -2.93. The highest BCUT2D eigenvalue weighted by molar-refractivity contribution is 8.15. The average molecular weight is 297 g/mol. The van der Waals surface area contributed by atoms with E-state index < -0.39 is 9.84 Å². The number of para-hydroxylation sites is 1. The van der Waals surface area contributed by atoms with E-state index in [0.29, 0.717) is 0 Å². The number of hydrogen-bond acceptors (Lipinski definition) is 4.